The summed E-state index contributed by atoms with van der Waals surface area (Å²) in [5, 5.41) is 2.88. The lowest BCUT2D eigenvalue weighted by Gasteiger charge is -2.20. The number of hydrogen-bond acceptors (Lipinski definition) is 6. The summed E-state index contributed by atoms with van der Waals surface area (Å²) in [5.41, 5.74) is 4.18. The number of sulfonamides is 1. The molecule has 0 unspecified atom stereocenters. The van der Waals surface area contributed by atoms with Crippen LogP contribution in [0, 0.1) is 0 Å². The van der Waals surface area contributed by atoms with E-state index in [1.165, 1.54) is 6.39 Å². The number of fused-ring (bicyclic) bond motifs is 1. The lowest BCUT2D eigenvalue weighted by Crippen LogP contribution is -2.17. The van der Waals surface area contributed by atoms with Gasteiger partial charge in [0.15, 0.2) is 12.2 Å². The van der Waals surface area contributed by atoms with E-state index >= 15 is 0 Å². The molecule has 0 saturated heterocycles. The molecule has 0 radical (unpaired) electrons. The van der Waals surface area contributed by atoms with Crippen LogP contribution in [0.5, 0.6) is 0 Å². The number of nitrogens with zero attached hydrogens (tertiary/aromatic N) is 2. The third-order valence-corrected chi connectivity index (χ3v) is 5.25. The minimum atomic E-state index is -3.34. The molecule has 0 aliphatic carbocycles. The minimum absolute atomic E-state index is 0.187. The van der Waals surface area contributed by atoms with Gasteiger partial charge in [-0.1, -0.05) is 0 Å². The highest BCUT2D eigenvalue weighted by Gasteiger charge is 2.26. The van der Waals surface area contributed by atoms with E-state index in [-0.39, 0.29) is 5.91 Å². The Bertz CT molecular complexity index is 1220. The fraction of sp³-hybridized carbons (Fsp3) is 0.143. The molecule has 2 heterocycles. The predicted molar refractivity (Wildman–Crippen MR) is 116 cm³/mol. The van der Waals surface area contributed by atoms with Crippen LogP contribution >= 0.6 is 0 Å². The van der Waals surface area contributed by atoms with Gasteiger partial charge >= 0.3 is 0 Å². The van der Waals surface area contributed by atoms with Gasteiger partial charge < -0.3 is 14.6 Å². The monoisotopic (exact) mass is 424 g/mol. The zero-order chi connectivity index (χ0) is 21.3. The number of amides is 1. The van der Waals surface area contributed by atoms with Gasteiger partial charge in [-0.25, -0.2) is 13.4 Å². The van der Waals surface area contributed by atoms with Crippen LogP contribution in [-0.2, 0) is 14.8 Å². The van der Waals surface area contributed by atoms with Crippen molar-refractivity contribution in [3.8, 4) is 11.3 Å². The van der Waals surface area contributed by atoms with Gasteiger partial charge in [0.05, 0.1) is 18.0 Å². The maximum atomic E-state index is 12.6. The van der Waals surface area contributed by atoms with E-state index in [0.29, 0.717) is 23.6 Å². The molecule has 0 spiro atoms. The maximum Gasteiger partial charge on any atom is 0.257 e. The van der Waals surface area contributed by atoms with E-state index in [1.54, 1.807) is 36.7 Å². The number of anilines is 3. The first-order valence-corrected chi connectivity index (χ1v) is 11.1. The largest absolute Gasteiger partial charge is 0.444 e. The summed E-state index contributed by atoms with van der Waals surface area (Å²) in [6.45, 7) is 2.59. The smallest absolute Gasteiger partial charge is 0.257 e. The number of carbonyl (C=O) groups excluding carboxylic acids is 1. The first-order chi connectivity index (χ1) is 14.3. The number of carbonyl (C=O) groups is 1. The Kier molecular flexibility index (Phi) is 5.04. The molecular formula is C21H20N4O4S. The molecule has 8 nitrogen and oxygen atoms in total. The number of hydrogen-bond donors (Lipinski definition) is 2. The molecule has 2 N–H and O–H groups in total. The minimum Gasteiger partial charge on any atom is -0.444 e. The van der Waals surface area contributed by atoms with Crippen molar-refractivity contribution in [1.82, 2.24) is 4.98 Å². The zero-order valence-electron chi connectivity index (χ0n) is 16.4. The highest BCUT2D eigenvalue weighted by Crippen LogP contribution is 2.36. The maximum absolute atomic E-state index is 12.6. The Hall–Kier alpha value is -3.59. The molecule has 2 aromatic carbocycles. The molecule has 30 heavy (non-hydrogen) atoms. The Morgan fingerprint density at radius 2 is 1.97 bits per heavy atom. The molecule has 1 amide bonds. The second-order valence-corrected chi connectivity index (χ2v) is 8.58. The summed E-state index contributed by atoms with van der Waals surface area (Å²) in [7, 11) is -3.34. The summed E-state index contributed by atoms with van der Waals surface area (Å²) in [4.78, 5) is 18.5. The summed E-state index contributed by atoms with van der Waals surface area (Å²) in [5.74, 6) is 0.436. The average Bonchev–Trinajstić information content (AvgIpc) is 3.33. The number of nitrogens with one attached hydrogen (secondary N) is 2. The number of aromatic nitrogens is 1. The van der Waals surface area contributed by atoms with Crippen molar-refractivity contribution in [2.75, 3.05) is 27.7 Å². The number of oxazole rings is 1. The standard InChI is InChI=1S/C21H20N4O4S/c1-3-25(16-7-5-15(6-8-16)24-30(2,27)28)12-18-17-10-14(20-11-22-13-29-20)4-9-19(17)23-21(18)26/h4-13,24H,3H2,1-2H3,(H,23,26). The highest BCUT2D eigenvalue weighted by atomic mass is 32.2. The molecule has 1 aromatic heterocycles. The molecule has 0 saturated carbocycles. The van der Waals surface area contributed by atoms with Crippen molar-refractivity contribution >= 4 is 38.6 Å². The Balaban J connectivity index is 1.66. The van der Waals surface area contributed by atoms with Crippen LogP contribution in [0.1, 0.15) is 12.5 Å². The third kappa shape index (κ3) is 4.06. The molecule has 0 fully saturated rings. The fourth-order valence-corrected chi connectivity index (χ4v) is 3.83. The molecule has 154 valence electrons. The quantitative estimate of drug-likeness (QED) is 0.587. The van der Waals surface area contributed by atoms with Gasteiger partial charge in [0, 0.05) is 40.9 Å². The van der Waals surface area contributed by atoms with Crippen LogP contribution in [0.3, 0.4) is 0 Å². The normalized spacial score (nSPS) is 14.5. The van der Waals surface area contributed by atoms with Gasteiger partial charge in [0.2, 0.25) is 10.0 Å². The summed E-state index contributed by atoms with van der Waals surface area (Å²) in [6.07, 6.45) is 5.89. The van der Waals surface area contributed by atoms with Crippen LogP contribution < -0.4 is 14.9 Å². The second-order valence-electron chi connectivity index (χ2n) is 6.83. The van der Waals surface area contributed by atoms with Crippen LogP contribution in [0.15, 0.2) is 65.7 Å². The number of benzene rings is 2. The lowest BCUT2D eigenvalue weighted by atomic mass is 10.0. The van der Waals surface area contributed by atoms with Gasteiger partial charge in [-0.05, 0) is 49.4 Å². The lowest BCUT2D eigenvalue weighted by molar-refractivity contribution is -0.110. The van der Waals surface area contributed by atoms with Gasteiger partial charge in [-0.15, -0.1) is 0 Å². The van der Waals surface area contributed by atoms with Crippen molar-refractivity contribution in [2.45, 2.75) is 6.92 Å². The zero-order valence-corrected chi connectivity index (χ0v) is 17.2. The van der Waals surface area contributed by atoms with E-state index in [2.05, 4.69) is 15.0 Å². The van der Waals surface area contributed by atoms with E-state index < -0.39 is 10.0 Å². The Morgan fingerprint density at radius 1 is 1.20 bits per heavy atom. The topological polar surface area (TPSA) is 105 Å². The summed E-state index contributed by atoms with van der Waals surface area (Å²) in [6, 6.07) is 12.6. The van der Waals surface area contributed by atoms with Gasteiger partial charge in [-0.3, -0.25) is 9.52 Å². The molecule has 1 aliphatic heterocycles. The first kappa shape index (κ1) is 19.7. The van der Waals surface area contributed by atoms with Crippen molar-refractivity contribution in [2.24, 2.45) is 0 Å². The molecular weight excluding hydrogens is 404 g/mol. The van der Waals surface area contributed by atoms with Crippen LogP contribution in [0.4, 0.5) is 17.1 Å². The molecule has 9 heteroatoms. The van der Waals surface area contributed by atoms with E-state index in [9.17, 15) is 13.2 Å². The molecule has 0 atom stereocenters. The van der Waals surface area contributed by atoms with Gasteiger partial charge in [0.1, 0.15) is 0 Å². The Labute approximate surface area is 174 Å². The van der Waals surface area contributed by atoms with Gasteiger partial charge in [-0.2, -0.15) is 0 Å². The second kappa shape index (κ2) is 7.68. The highest BCUT2D eigenvalue weighted by molar-refractivity contribution is 7.92. The van der Waals surface area contributed by atoms with Crippen molar-refractivity contribution in [3.63, 3.8) is 0 Å². The van der Waals surface area contributed by atoms with Crippen molar-refractivity contribution < 1.29 is 17.6 Å². The van der Waals surface area contributed by atoms with Gasteiger partial charge in [0.25, 0.3) is 5.91 Å². The summed E-state index contributed by atoms with van der Waals surface area (Å²) < 4.78 is 30.6. The molecule has 1 aliphatic rings. The number of rotatable bonds is 6. The predicted octanol–water partition coefficient (Wildman–Crippen LogP) is 3.53. The van der Waals surface area contributed by atoms with Crippen molar-refractivity contribution in [1.29, 1.82) is 0 Å². The summed E-state index contributed by atoms with van der Waals surface area (Å²) >= 11 is 0. The van der Waals surface area contributed by atoms with Crippen molar-refractivity contribution in [3.05, 3.63) is 66.8 Å². The van der Waals surface area contributed by atoms with Crippen LogP contribution in [0.2, 0.25) is 0 Å². The third-order valence-electron chi connectivity index (χ3n) is 4.65. The van der Waals surface area contributed by atoms with E-state index in [1.807, 2.05) is 30.0 Å². The average molecular weight is 424 g/mol. The van der Waals surface area contributed by atoms with Crippen LogP contribution in [0.25, 0.3) is 16.9 Å². The molecule has 3 aromatic rings. The van der Waals surface area contributed by atoms with E-state index in [4.69, 9.17) is 4.42 Å². The van der Waals surface area contributed by atoms with Crippen LogP contribution in [-0.4, -0.2) is 32.1 Å². The molecule has 4 rings (SSSR count). The molecule has 0 bridgehead atoms. The first-order valence-electron chi connectivity index (χ1n) is 9.25. The van der Waals surface area contributed by atoms with E-state index in [0.717, 1.165) is 28.8 Å². The Morgan fingerprint density at radius 3 is 2.60 bits per heavy atom. The fourth-order valence-electron chi connectivity index (χ4n) is 3.27. The SMILES string of the molecule is CCN(C=C1C(=O)Nc2ccc(-c3cnco3)cc21)c1ccc(NS(C)(=O)=O)cc1.